The molecular formula is C10H15ClFN2O13P3. The molecule has 1 aromatic heterocycles. The van der Waals surface area contributed by atoms with E-state index in [0.29, 0.717) is 10.8 Å². The summed E-state index contributed by atoms with van der Waals surface area (Å²) in [5, 5.41) is 0. The zero-order chi connectivity index (χ0) is 23.1. The van der Waals surface area contributed by atoms with Gasteiger partial charge in [-0.3, -0.25) is 18.9 Å². The second kappa shape index (κ2) is 8.66. The summed E-state index contributed by atoms with van der Waals surface area (Å²) in [7, 11) is -16.6. The van der Waals surface area contributed by atoms with E-state index in [0.717, 1.165) is 0 Å². The molecular weight excluding hydrogens is 503 g/mol. The summed E-state index contributed by atoms with van der Waals surface area (Å²) in [6.07, 6.45) is -2.09. The van der Waals surface area contributed by atoms with E-state index in [4.69, 9.17) is 31.0 Å². The number of H-pyrrole nitrogens is 1. The molecule has 0 saturated carbocycles. The Morgan fingerprint density at radius 2 is 1.87 bits per heavy atom. The minimum absolute atomic E-state index is 0.151. The number of rotatable bonds is 8. The van der Waals surface area contributed by atoms with Crippen molar-refractivity contribution >= 4 is 35.1 Å². The van der Waals surface area contributed by atoms with Crippen LogP contribution in [0.25, 0.3) is 0 Å². The van der Waals surface area contributed by atoms with Crippen molar-refractivity contribution in [3.8, 4) is 0 Å². The van der Waals surface area contributed by atoms with Crippen LogP contribution in [0.15, 0.2) is 15.8 Å². The van der Waals surface area contributed by atoms with Crippen molar-refractivity contribution < 1.29 is 55.5 Å². The standard InChI is InChI=1S/C10H15ClFN2O13P3/c1-10(11)2-5(25-8(10)14-3-6(12)7(15)13-9(14)16)4-24-29(20,21)27-30(22,23)26-28(17,18)19/h3,5,8H,2,4H2,1H3,(H,20,21)(H,22,23)(H,13,15,16)(H2,17,18,19). The topological polar surface area (TPSA) is 224 Å². The van der Waals surface area contributed by atoms with Gasteiger partial charge in [0, 0.05) is 0 Å². The van der Waals surface area contributed by atoms with Gasteiger partial charge in [-0.05, 0) is 13.3 Å². The van der Waals surface area contributed by atoms with Crippen LogP contribution in [0, 0.1) is 5.82 Å². The SMILES string of the molecule is CC1(Cl)CC(COP(=O)(O)OP(=O)(O)OP(=O)(O)O)OC1n1cc(F)c(=O)[nH]c1=O. The highest BCUT2D eigenvalue weighted by Crippen LogP contribution is 2.66. The molecule has 2 heterocycles. The van der Waals surface area contributed by atoms with Crippen LogP contribution < -0.4 is 11.2 Å². The molecule has 0 aliphatic carbocycles. The summed E-state index contributed by atoms with van der Waals surface area (Å²) >= 11 is 6.25. The summed E-state index contributed by atoms with van der Waals surface area (Å²) in [4.78, 5) is 58.8. The van der Waals surface area contributed by atoms with E-state index in [9.17, 15) is 32.6 Å². The van der Waals surface area contributed by atoms with Gasteiger partial charge in [-0.25, -0.2) is 18.5 Å². The number of hydrogen-bond acceptors (Lipinski definition) is 9. The molecule has 2 rings (SSSR count). The predicted molar refractivity (Wildman–Crippen MR) is 93.9 cm³/mol. The summed E-state index contributed by atoms with van der Waals surface area (Å²) in [6, 6.07) is 0. The molecule has 0 amide bonds. The van der Waals surface area contributed by atoms with E-state index in [1.54, 1.807) is 4.98 Å². The first-order chi connectivity index (χ1) is 13.4. The minimum Gasteiger partial charge on any atom is -0.350 e. The van der Waals surface area contributed by atoms with Gasteiger partial charge in [0.25, 0.3) is 5.56 Å². The van der Waals surface area contributed by atoms with Gasteiger partial charge in [0.05, 0.1) is 23.8 Å². The highest BCUT2D eigenvalue weighted by Gasteiger charge is 2.47. The molecule has 1 aliphatic heterocycles. The third-order valence-corrected chi connectivity index (χ3v) is 7.62. The van der Waals surface area contributed by atoms with E-state index in [1.165, 1.54) is 6.92 Å². The van der Waals surface area contributed by atoms with Crippen molar-refractivity contribution in [2.75, 3.05) is 6.61 Å². The highest BCUT2D eigenvalue weighted by molar-refractivity contribution is 7.66. The second-order valence-corrected chi connectivity index (χ2v) is 11.4. The number of nitrogens with zero attached hydrogens (tertiary/aromatic N) is 1. The average molecular weight is 519 g/mol. The first-order valence-corrected chi connectivity index (χ1v) is 12.4. The molecule has 5 atom stereocenters. The summed E-state index contributed by atoms with van der Waals surface area (Å²) in [6.45, 7) is 0.558. The molecule has 1 saturated heterocycles. The number of halogens is 2. The molecule has 172 valence electrons. The lowest BCUT2D eigenvalue weighted by Gasteiger charge is -2.24. The molecule has 1 fully saturated rings. The molecule has 0 radical (unpaired) electrons. The number of aromatic amines is 1. The molecule has 0 aromatic carbocycles. The molecule has 5 N–H and O–H groups in total. The Hall–Kier alpha value is -0.730. The van der Waals surface area contributed by atoms with Crippen LogP contribution in [0.2, 0.25) is 0 Å². The van der Waals surface area contributed by atoms with E-state index < -0.39 is 64.3 Å². The fourth-order valence-corrected chi connectivity index (χ4v) is 5.87. The Kier molecular flexibility index (Phi) is 7.37. The minimum atomic E-state index is -5.69. The maximum Gasteiger partial charge on any atom is 0.490 e. The van der Waals surface area contributed by atoms with Gasteiger partial charge in [0.2, 0.25) is 5.82 Å². The Bertz CT molecular complexity index is 1070. The quantitative estimate of drug-likeness (QED) is 0.231. The fraction of sp³-hybridized carbons (Fsp3) is 0.600. The molecule has 5 unspecified atom stereocenters. The zero-order valence-electron chi connectivity index (χ0n) is 14.7. The first kappa shape index (κ1) is 25.5. The van der Waals surface area contributed by atoms with Crippen molar-refractivity contribution in [2.45, 2.75) is 30.6 Å². The molecule has 20 heteroatoms. The monoisotopic (exact) mass is 518 g/mol. The van der Waals surface area contributed by atoms with Crippen molar-refractivity contribution in [1.82, 2.24) is 9.55 Å². The zero-order valence-corrected chi connectivity index (χ0v) is 18.1. The number of alkyl halides is 1. The van der Waals surface area contributed by atoms with Gasteiger partial charge in [0.15, 0.2) is 6.23 Å². The van der Waals surface area contributed by atoms with Crippen LogP contribution in [0.3, 0.4) is 0 Å². The van der Waals surface area contributed by atoms with E-state index in [-0.39, 0.29) is 6.42 Å². The number of nitrogens with one attached hydrogen (secondary N) is 1. The first-order valence-electron chi connectivity index (χ1n) is 7.54. The number of aromatic nitrogens is 2. The Morgan fingerprint density at radius 1 is 1.27 bits per heavy atom. The van der Waals surface area contributed by atoms with Crippen LogP contribution >= 0.6 is 35.1 Å². The normalized spacial score (nSPS) is 28.8. The summed E-state index contributed by atoms with van der Waals surface area (Å²) in [5.41, 5.74) is -2.32. The average Bonchev–Trinajstić information content (AvgIpc) is 2.80. The van der Waals surface area contributed by atoms with Crippen LogP contribution in [-0.4, -0.2) is 46.7 Å². The third kappa shape index (κ3) is 6.89. The molecule has 0 spiro atoms. The molecule has 1 aromatic rings. The second-order valence-electron chi connectivity index (χ2n) is 6.12. The lowest BCUT2D eigenvalue weighted by atomic mass is 10.1. The van der Waals surface area contributed by atoms with Crippen molar-refractivity contribution in [3.05, 3.63) is 32.9 Å². The van der Waals surface area contributed by atoms with Crippen LogP contribution in [0.4, 0.5) is 4.39 Å². The smallest absolute Gasteiger partial charge is 0.350 e. The predicted octanol–water partition coefficient (Wildman–Crippen LogP) is 0.304. The van der Waals surface area contributed by atoms with Gasteiger partial charge in [0.1, 0.15) is 0 Å². The number of hydrogen-bond donors (Lipinski definition) is 5. The lowest BCUT2D eigenvalue weighted by Crippen LogP contribution is -2.39. The van der Waals surface area contributed by atoms with Crippen molar-refractivity contribution in [2.24, 2.45) is 0 Å². The van der Waals surface area contributed by atoms with Crippen LogP contribution in [-0.2, 0) is 31.6 Å². The molecule has 1 aliphatic rings. The van der Waals surface area contributed by atoms with Gasteiger partial charge in [-0.15, -0.1) is 11.6 Å². The lowest BCUT2D eigenvalue weighted by molar-refractivity contribution is -0.0305. The molecule has 30 heavy (non-hydrogen) atoms. The largest absolute Gasteiger partial charge is 0.490 e. The summed E-state index contributed by atoms with van der Waals surface area (Å²) in [5.74, 6) is -1.30. The van der Waals surface area contributed by atoms with Gasteiger partial charge in [-0.1, -0.05) is 0 Å². The molecule has 15 nitrogen and oxygen atoms in total. The van der Waals surface area contributed by atoms with Crippen LogP contribution in [0.5, 0.6) is 0 Å². The van der Waals surface area contributed by atoms with Crippen LogP contribution in [0.1, 0.15) is 19.6 Å². The third-order valence-electron chi connectivity index (χ3n) is 3.48. The maximum absolute atomic E-state index is 13.5. The Balaban J connectivity index is 2.09. The summed E-state index contributed by atoms with van der Waals surface area (Å²) < 4.78 is 64.7. The Morgan fingerprint density at radius 3 is 2.43 bits per heavy atom. The van der Waals surface area contributed by atoms with Crippen molar-refractivity contribution in [3.63, 3.8) is 0 Å². The highest BCUT2D eigenvalue weighted by atomic mass is 35.5. The van der Waals surface area contributed by atoms with E-state index in [2.05, 4.69) is 13.1 Å². The molecule has 0 bridgehead atoms. The van der Waals surface area contributed by atoms with E-state index >= 15 is 0 Å². The van der Waals surface area contributed by atoms with Gasteiger partial charge < -0.3 is 24.3 Å². The number of phosphoric acid groups is 3. The number of ether oxygens (including phenoxy) is 1. The van der Waals surface area contributed by atoms with Gasteiger partial charge >= 0.3 is 29.2 Å². The van der Waals surface area contributed by atoms with Gasteiger partial charge in [-0.2, -0.15) is 13.0 Å². The van der Waals surface area contributed by atoms with E-state index in [1.807, 2.05) is 0 Å². The number of phosphoric ester groups is 1. The maximum atomic E-state index is 13.5. The Labute approximate surface area is 170 Å². The van der Waals surface area contributed by atoms with Crippen molar-refractivity contribution in [1.29, 1.82) is 0 Å². The fourth-order valence-electron chi connectivity index (χ4n) is 2.49.